The van der Waals surface area contributed by atoms with Crippen molar-refractivity contribution in [1.29, 1.82) is 0 Å². The van der Waals surface area contributed by atoms with E-state index < -0.39 is 5.97 Å². The summed E-state index contributed by atoms with van der Waals surface area (Å²) in [5, 5.41) is 12.7. The van der Waals surface area contributed by atoms with Gasteiger partial charge in [-0.1, -0.05) is 70.8 Å². The van der Waals surface area contributed by atoms with Crippen LogP contribution in [0.15, 0.2) is 18.2 Å². The van der Waals surface area contributed by atoms with Gasteiger partial charge < -0.3 is 10.4 Å². The zero-order valence-electron chi connectivity index (χ0n) is 14.4. The van der Waals surface area contributed by atoms with Gasteiger partial charge in [0.2, 0.25) is 0 Å². The standard InChI is InChI=1S/C20H31NO2/c1-2-3-4-5-6-7-8-9-10-12-16-15-18-17(20(22)23)13-11-14-19(18)21-16/h11,13-14,16,21H,2-10,12,15H2,1H3,(H,22,23). The number of carbonyl (C=O) groups is 1. The first-order chi connectivity index (χ1) is 11.2. The van der Waals surface area contributed by atoms with Crippen LogP contribution in [-0.4, -0.2) is 17.1 Å². The molecule has 1 aromatic carbocycles. The SMILES string of the molecule is CCCCCCCCCCCC1Cc2c(cccc2C(=O)O)N1. The number of rotatable bonds is 11. The van der Waals surface area contributed by atoms with Crippen molar-refractivity contribution in [3.05, 3.63) is 29.3 Å². The lowest BCUT2D eigenvalue weighted by Gasteiger charge is -2.10. The topological polar surface area (TPSA) is 49.3 Å². The average Bonchev–Trinajstić information content (AvgIpc) is 2.95. The summed E-state index contributed by atoms with van der Waals surface area (Å²) in [4.78, 5) is 11.3. The Morgan fingerprint density at radius 1 is 1.09 bits per heavy atom. The summed E-state index contributed by atoms with van der Waals surface area (Å²) in [6.07, 6.45) is 14.1. The second kappa shape index (κ2) is 9.59. The molecule has 1 unspecified atom stereocenters. The molecule has 2 N–H and O–H groups in total. The van der Waals surface area contributed by atoms with E-state index in [9.17, 15) is 9.90 Å². The molecular formula is C20H31NO2. The van der Waals surface area contributed by atoms with Gasteiger partial charge in [0.15, 0.2) is 0 Å². The van der Waals surface area contributed by atoms with E-state index in [1.165, 1.54) is 57.8 Å². The van der Waals surface area contributed by atoms with Gasteiger partial charge in [0, 0.05) is 11.7 Å². The van der Waals surface area contributed by atoms with Crippen LogP contribution in [0.3, 0.4) is 0 Å². The Labute approximate surface area is 140 Å². The molecule has 0 amide bonds. The van der Waals surface area contributed by atoms with Gasteiger partial charge in [-0.15, -0.1) is 0 Å². The minimum atomic E-state index is -0.813. The first kappa shape index (κ1) is 17.8. The van der Waals surface area contributed by atoms with E-state index in [4.69, 9.17) is 0 Å². The monoisotopic (exact) mass is 317 g/mol. The second-order valence-electron chi connectivity index (χ2n) is 6.80. The molecule has 3 nitrogen and oxygen atoms in total. The number of carboxylic acid groups (broad SMARTS) is 1. The number of aromatic carboxylic acids is 1. The number of fused-ring (bicyclic) bond motifs is 1. The van der Waals surface area contributed by atoms with E-state index >= 15 is 0 Å². The van der Waals surface area contributed by atoms with E-state index in [0.29, 0.717) is 11.6 Å². The third-order valence-corrected chi connectivity index (χ3v) is 4.87. The molecule has 23 heavy (non-hydrogen) atoms. The van der Waals surface area contributed by atoms with Crippen LogP contribution >= 0.6 is 0 Å². The molecule has 0 aromatic heterocycles. The highest BCUT2D eigenvalue weighted by molar-refractivity contribution is 5.92. The van der Waals surface area contributed by atoms with Gasteiger partial charge in [0.25, 0.3) is 0 Å². The molecule has 0 aliphatic carbocycles. The molecule has 1 aromatic rings. The number of unbranched alkanes of at least 4 members (excludes halogenated alkanes) is 8. The summed E-state index contributed by atoms with van der Waals surface area (Å²) in [6.45, 7) is 2.26. The molecular weight excluding hydrogens is 286 g/mol. The Bertz CT molecular complexity index is 498. The Kier molecular flexibility index (Phi) is 7.44. The molecule has 1 aliphatic heterocycles. The Hall–Kier alpha value is -1.51. The summed E-state index contributed by atoms with van der Waals surface area (Å²) in [6, 6.07) is 5.95. The Morgan fingerprint density at radius 3 is 2.39 bits per heavy atom. The lowest BCUT2D eigenvalue weighted by atomic mass is 9.99. The molecule has 3 heteroatoms. The fourth-order valence-electron chi connectivity index (χ4n) is 3.54. The lowest BCUT2D eigenvalue weighted by Crippen LogP contribution is -2.15. The molecule has 0 saturated carbocycles. The fourth-order valence-corrected chi connectivity index (χ4v) is 3.54. The van der Waals surface area contributed by atoms with Crippen molar-refractivity contribution in [3.8, 4) is 0 Å². The van der Waals surface area contributed by atoms with Crippen molar-refractivity contribution in [2.45, 2.75) is 83.6 Å². The highest BCUT2D eigenvalue weighted by Gasteiger charge is 2.24. The van der Waals surface area contributed by atoms with Crippen molar-refractivity contribution < 1.29 is 9.90 Å². The van der Waals surface area contributed by atoms with Gasteiger partial charge in [0.05, 0.1) is 5.56 Å². The number of carboxylic acids is 1. The van der Waals surface area contributed by atoms with Crippen LogP contribution in [0.4, 0.5) is 5.69 Å². The lowest BCUT2D eigenvalue weighted by molar-refractivity contribution is 0.0696. The summed E-state index contributed by atoms with van der Waals surface area (Å²) in [5.74, 6) is -0.813. The molecule has 1 aliphatic rings. The van der Waals surface area contributed by atoms with Crippen LogP contribution in [0, 0.1) is 0 Å². The van der Waals surface area contributed by atoms with Gasteiger partial charge in [0.1, 0.15) is 0 Å². The van der Waals surface area contributed by atoms with Gasteiger partial charge in [-0.3, -0.25) is 0 Å². The highest BCUT2D eigenvalue weighted by atomic mass is 16.4. The Morgan fingerprint density at radius 2 is 1.74 bits per heavy atom. The van der Waals surface area contributed by atoms with Gasteiger partial charge in [-0.2, -0.15) is 0 Å². The number of hydrogen-bond donors (Lipinski definition) is 2. The summed E-state index contributed by atoms with van der Waals surface area (Å²) < 4.78 is 0. The van der Waals surface area contributed by atoms with Gasteiger partial charge in [-0.05, 0) is 30.5 Å². The number of hydrogen-bond acceptors (Lipinski definition) is 2. The van der Waals surface area contributed by atoms with E-state index in [1.807, 2.05) is 12.1 Å². The van der Waals surface area contributed by atoms with Crippen molar-refractivity contribution in [2.75, 3.05) is 5.32 Å². The highest BCUT2D eigenvalue weighted by Crippen LogP contribution is 2.30. The summed E-state index contributed by atoms with van der Waals surface area (Å²) >= 11 is 0. The van der Waals surface area contributed by atoms with Crippen molar-refractivity contribution in [1.82, 2.24) is 0 Å². The van der Waals surface area contributed by atoms with Crippen LogP contribution in [-0.2, 0) is 6.42 Å². The first-order valence-electron chi connectivity index (χ1n) is 9.34. The predicted molar refractivity (Wildman–Crippen MR) is 96.4 cm³/mol. The van der Waals surface area contributed by atoms with Crippen LogP contribution < -0.4 is 5.32 Å². The first-order valence-corrected chi connectivity index (χ1v) is 9.34. The molecule has 128 valence electrons. The quantitative estimate of drug-likeness (QED) is 0.519. The van der Waals surface area contributed by atoms with E-state index in [0.717, 1.165) is 24.1 Å². The molecule has 2 rings (SSSR count). The molecule has 0 saturated heterocycles. The smallest absolute Gasteiger partial charge is 0.336 e. The van der Waals surface area contributed by atoms with Crippen LogP contribution in [0.2, 0.25) is 0 Å². The van der Waals surface area contributed by atoms with Gasteiger partial charge in [-0.25, -0.2) is 4.79 Å². The van der Waals surface area contributed by atoms with Crippen molar-refractivity contribution in [3.63, 3.8) is 0 Å². The predicted octanol–water partition coefficient (Wildman–Crippen LogP) is 5.64. The van der Waals surface area contributed by atoms with Crippen molar-refractivity contribution in [2.24, 2.45) is 0 Å². The second-order valence-corrected chi connectivity index (χ2v) is 6.80. The normalized spacial score (nSPS) is 16.1. The maximum absolute atomic E-state index is 11.3. The molecule has 0 spiro atoms. The van der Waals surface area contributed by atoms with Gasteiger partial charge >= 0.3 is 5.97 Å². The maximum atomic E-state index is 11.3. The minimum Gasteiger partial charge on any atom is -0.478 e. The summed E-state index contributed by atoms with van der Waals surface area (Å²) in [7, 11) is 0. The molecule has 0 radical (unpaired) electrons. The van der Waals surface area contributed by atoms with Crippen LogP contribution in [0.5, 0.6) is 0 Å². The zero-order chi connectivity index (χ0) is 16.5. The van der Waals surface area contributed by atoms with Crippen LogP contribution in [0.1, 0.15) is 87.1 Å². The largest absolute Gasteiger partial charge is 0.478 e. The maximum Gasteiger partial charge on any atom is 0.336 e. The van der Waals surface area contributed by atoms with Crippen LogP contribution in [0.25, 0.3) is 0 Å². The minimum absolute atomic E-state index is 0.412. The molecule has 0 fully saturated rings. The number of benzene rings is 1. The van der Waals surface area contributed by atoms with E-state index in [2.05, 4.69) is 12.2 Å². The fraction of sp³-hybridized carbons (Fsp3) is 0.650. The number of anilines is 1. The molecule has 0 bridgehead atoms. The van der Waals surface area contributed by atoms with E-state index in [-0.39, 0.29) is 0 Å². The summed E-state index contributed by atoms with van der Waals surface area (Å²) in [5.41, 5.74) is 2.47. The molecule has 1 heterocycles. The molecule has 1 atom stereocenters. The zero-order valence-corrected chi connectivity index (χ0v) is 14.4. The average molecular weight is 317 g/mol. The number of nitrogens with one attached hydrogen (secondary N) is 1. The van der Waals surface area contributed by atoms with E-state index in [1.54, 1.807) is 6.07 Å². The third kappa shape index (κ3) is 5.56. The Balaban J connectivity index is 1.60. The van der Waals surface area contributed by atoms with Crippen molar-refractivity contribution >= 4 is 11.7 Å². The third-order valence-electron chi connectivity index (χ3n) is 4.87.